The Kier molecular flexibility index (Phi) is 6.04. The van der Waals surface area contributed by atoms with Crippen LogP contribution in [0.5, 0.6) is 0 Å². The molecule has 1 aliphatic carbocycles. The van der Waals surface area contributed by atoms with E-state index in [9.17, 15) is 15.0 Å². The van der Waals surface area contributed by atoms with Gasteiger partial charge in [-0.15, -0.1) is 0 Å². The van der Waals surface area contributed by atoms with Gasteiger partial charge < -0.3 is 14.7 Å². The van der Waals surface area contributed by atoms with Crippen LogP contribution >= 0.6 is 0 Å². The molecule has 2 N–H and O–H groups in total. The molecule has 2 unspecified atom stereocenters. The maximum Gasteiger partial charge on any atom is 0.314 e. The molecule has 6 rings (SSSR count). The third kappa shape index (κ3) is 4.27. The molecule has 4 aromatic rings. The summed E-state index contributed by atoms with van der Waals surface area (Å²) >= 11 is 0. The Bertz CT molecular complexity index is 1530. The molecule has 190 valence electrons. The van der Waals surface area contributed by atoms with E-state index in [0.29, 0.717) is 36.4 Å². The number of allylic oxidation sites excluding steroid dienone is 1. The van der Waals surface area contributed by atoms with Crippen molar-refractivity contribution in [3.05, 3.63) is 107 Å². The van der Waals surface area contributed by atoms with Crippen LogP contribution in [0.3, 0.4) is 0 Å². The summed E-state index contributed by atoms with van der Waals surface area (Å²) in [5.74, 6) is -0.398. The zero-order valence-corrected chi connectivity index (χ0v) is 21.0. The molecular weight excluding hydrogens is 476 g/mol. The Morgan fingerprint density at radius 2 is 1.55 bits per heavy atom. The summed E-state index contributed by atoms with van der Waals surface area (Å²) < 4.78 is 5.71. The Morgan fingerprint density at radius 3 is 2.18 bits per heavy atom. The van der Waals surface area contributed by atoms with Crippen molar-refractivity contribution in [1.82, 2.24) is 5.16 Å². The summed E-state index contributed by atoms with van der Waals surface area (Å²) in [4.78, 5) is 16.2. The second-order valence-electron chi connectivity index (χ2n) is 10.1. The predicted molar refractivity (Wildman–Crippen MR) is 147 cm³/mol. The maximum absolute atomic E-state index is 11.6. The van der Waals surface area contributed by atoms with Crippen molar-refractivity contribution in [2.24, 2.45) is 10.9 Å². The number of benzene rings is 3. The van der Waals surface area contributed by atoms with Crippen LogP contribution in [0.15, 0.2) is 94.5 Å². The van der Waals surface area contributed by atoms with Gasteiger partial charge in [0.15, 0.2) is 5.76 Å². The van der Waals surface area contributed by atoms with Gasteiger partial charge in [-0.3, -0.25) is 9.79 Å². The number of carboxylic acid groups (broad SMARTS) is 1. The van der Waals surface area contributed by atoms with Crippen molar-refractivity contribution in [3.63, 3.8) is 0 Å². The topological polar surface area (TPSA) is 95.9 Å². The summed E-state index contributed by atoms with van der Waals surface area (Å²) in [5.41, 5.74) is 6.39. The van der Waals surface area contributed by atoms with Gasteiger partial charge in [-0.05, 0) is 47.6 Å². The van der Waals surface area contributed by atoms with Gasteiger partial charge in [0, 0.05) is 24.2 Å². The molecule has 38 heavy (non-hydrogen) atoms. The van der Waals surface area contributed by atoms with Crippen LogP contribution < -0.4 is 0 Å². The Hall–Kier alpha value is -4.29. The molecule has 6 nitrogen and oxygen atoms in total. The van der Waals surface area contributed by atoms with Gasteiger partial charge in [0.2, 0.25) is 0 Å². The average molecular weight is 505 g/mol. The minimum Gasteiger partial charge on any atom is -0.481 e. The van der Waals surface area contributed by atoms with Crippen molar-refractivity contribution in [1.29, 1.82) is 0 Å². The number of aliphatic hydroxyl groups is 1. The number of nitrogens with zero attached hydrogens (tertiary/aromatic N) is 2. The first-order valence-corrected chi connectivity index (χ1v) is 12.8. The highest BCUT2D eigenvalue weighted by atomic mass is 16.5. The fraction of sp³-hybridized carbons (Fsp3) is 0.219. The van der Waals surface area contributed by atoms with Crippen molar-refractivity contribution in [2.75, 3.05) is 6.54 Å². The number of aromatic nitrogens is 1. The third-order valence-electron chi connectivity index (χ3n) is 7.73. The van der Waals surface area contributed by atoms with Gasteiger partial charge in [0.25, 0.3) is 0 Å². The highest BCUT2D eigenvalue weighted by molar-refractivity contribution is 6.10. The quantitative estimate of drug-likeness (QED) is 0.310. The summed E-state index contributed by atoms with van der Waals surface area (Å²) in [5, 5.41) is 25.2. The average Bonchev–Trinajstić information content (AvgIpc) is 3.70. The van der Waals surface area contributed by atoms with Gasteiger partial charge in [-0.1, -0.05) is 90.1 Å². The molecule has 0 amide bonds. The van der Waals surface area contributed by atoms with Crippen molar-refractivity contribution in [3.8, 4) is 22.5 Å². The lowest BCUT2D eigenvalue weighted by Gasteiger charge is -2.22. The molecule has 0 spiro atoms. The number of aryl methyl sites for hydroxylation is 1. The molecule has 1 saturated carbocycles. The van der Waals surface area contributed by atoms with E-state index in [1.807, 2.05) is 92.0 Å². The van der Waals surface area contributed by atoms with Crippen molar-refractivity contribution < 1.29 is 19.5 Å². The van der Waals surface area contributed by atoms with E-state index in [0.717, 1.165) is 33.4 Å². The summed E-state index contributed by atoms with van der Waals surface area (Å²) in [6.07, 6.45) is 4.50. The van der Waals surface area contributed by atoms with E-state index < -0.39 is 17.5 Å². The standard InChI is InChI=1S/C32H28N2O4/c1-20-28(29(35)26-17-25(18-33-19-26)21-5-3-2-4-6-21)30(38-34-20)24-9-7-22(8-10-24)23-11-13-27(14-12-23)32(15-16-32)31(36)37/h2-14,17-18,26,29,35H,15-16,19H2,1H3,(H,36,37). The lowest BCUT2D eigenvalue weighted by molar-refractivity contribution is -0.140. The minimum atomic E-state index is -0.816. The molecule has 0 radical (unpaired) electrons. The van der Waals surface area contributed by atoms with Gasteiger partial charge >= 0.3 is 5.97 Å². The first-order valence-electron chi connectivity index (χ1n) is 12.8. The number of aliphatic carboxylic acids is 1. The van der Waals surface area contributed by atoms with E-state index in [1.54, 1.807) is 0 Å². The molecule has 0 bridgehead atoms. The molecule has 1 aromatic heterocycles. The number of hydrogen-bond donors (Lipinski definition) is 2. The van der Waals surface area contributed by atoms with Crippen LogP contribution in [0, 0.1) is 12.8 Å². The van der Waals surface area contributed by atoms with Crippen LogP contribution in [0.2, 0.25) is 0 Å². The number of carbonyl (C=O) groups is 1. The number of aliphatic imine (C=N–C) groups is 1. The maximum atomic E-state index is 11.6. The van der Waals surface area contributed by atoms with Gasteiger partial charge in [-0.25, -0.2) is 0 Å². The lowest BCUT2D eigenvalue weighted by Crippen LogP contribution is -2.19. The fourth-order valence-corrected chi connectivity index (χ4v) is 5.29. The summed E-state index contributed by atoms with van der Waals surface area (Å²) in [6.45, 7) is 2.33. The molecular formula is C32H28N2O4. The van der Waals surface area contributed by atoms with Gasteiger partial charge in [-0.2, -0.15) is 0 Å². The molecule has 3 aromatic carbocycles. The molecule has 6 heteroatoms. The van der Waals surface area contributed by atoms with Crippen molar-refractivity contribution >= 4 is 17.8 Å². The SMILES string of the molecule is Cc1noc(-c2ccc(-c3ccc(C4(C(=O)O)CC4)cc3)cc2)c1C(O)C1C=C(c2ccccc2)C=NC1. The highest BCUT2D eigenvalue weighted by Gasteiger charge is 2.51. The Morgan fingerprint density at radius 1 is 0.921 bits per heavy atom. The normalized spacial score (nSPS) is 18.6. The number of carboxylic acids is 1. The van der Waals surface area contributed by atoms with E-state index in [4.69, 9.17) is 4.52 Å². The molecule has 2 heterocycles. The summed E-state index contributed by atoms with van der Waals surface area (Å²) in [6, 6.07) is 25.7. The second kappa shape index (κ2) is 9.54. The molecule has 1 fully saturated rings. The van der Waals surface area contributed by atoms with Gasteiger partial charge in [0.05, 0.1) is 22.8 Å². The van der Waals surface area contributed by atoms with E-state index in [2.05, 4.69) is 16.2 Å². The first kappa shape index (κ1) is 24.1. The molecule has 1 aliphatic heterocycles. The lowest BCUT2D eigenvalue weighted by atomic mass is 9.88. The molecule has 2 atom stereocenters. The number of dihydropyridines is 1. The summed E-state index contributed by atoms with van der Waals surface area (Å²) in [7, 11) is 0. The first-order chi connectivity index (χ1) is 18.5. The third-order valence-corrected chi connectivity index (χ3v) is 7.73. The van der Waals surface area contributed by atoms with Crippen LogP contribution in [-0.2, 0) is 10.2 Å². The predicted octanol–water partition coefficient (Wildman–Crippen LogP) is 6.25. The molecule has 2 aliphatic rings. The zero-order chi connectivity index (χ0) is 26.3. The monoisotopic (exact) mass is 504 g/mol. The minimum absolute atomic E-state index is 0.203. The number of aliphatic hydroxyl groups excluding tert-OH is 1. The Balaban J connectivity index is 1.25. The fourth-order valence-electron chi connectivity index (χ4n) is 5.29. The van der Waals surface area contributed by atoms with E-state index >= 15 is 0 Å². The van der Waals surface area contributed by atoms with Gasteiger partial charge in [0.1, 0.15) is 0 Å². The van der Waals surface area contributed by atoms with Crippen LogP contribution in [0.25, 0.3) is 28.0 Å². The van der Waals surface area contributed by atoms with Crippen LogP contribution in [0.4, 0.5) is 0 Å². The van der Waals surface area contributed by atoms with Crippen molar-refractivity contribution in [2.45, 2.75) is 31.3 Å². The van der Waals surface area contributed by atoms with E-state index in [1.165, 1.54) is 0 Å². The zero-order valence-electron chi connectivity index (χ0n) is 21.0. The number of hydrogen-bond acceptors (Lipinski definition) is 5. The van der Waals surface area contributed by atoms with E-state index in [-0.39, 0.29) is 5.92 Å². The van der Waals surface area contributed by atoms with Crippen LogP contribution in [0.1, 0.15) is 41.3 Å². The van der Waals surface area contributed by atoms with Crippen LogP contribution in [-0.4, -0.2) is 34.1 Å². The second-order valence-corrected chi connectivity index (χ2v) is 10.1. The number of rotatable bonds is 7. The largest absolute Gasteiger partial charge is 0.481 e. The highest BCUT2D eigenvalue weighted by Crippen LogP contribution is 2.48. The molecule has 0 saturated heterocycles. The smallest absolute Gasteiger partial charge is 0.314 e. The Labute approximate surface area is 221 Å².